The number of para-hydroxylation sites is 1. The molecule has 35 heavy (non-hydrogen) atoms. The van der Waals surface area contributed by atoms with E-state index in [-0.39, 0.29) is 30.4 Å². The molecule has 4 rings (SSSR count). The van der Waals surface area contributed by atoms with Gasteiger partial charge in [0.15, 0.2) is 0 Å². The lowest BCUT2D eigenvalue weighted by Crippen LogP contribution is -2.58. The third-order valence-electron chi connectivity index (χ3n) is 6.86. The molecule has 0 radical (unpaired) electrons. The summed E-state index contributed by atoms with van der Waals surface area (Å²) in [5.41, 5.74) is 2.16. The molecule has 2 fully saturated rings. The SMILES string of the molecule is CCc1ccc(NC(=O)N2CCC3(CC2)C(=O)N(CC(=O)NC(C)C)CN3c2ccccc2)cc1. The monoisotopic (exact) mass is 477 g/mol. The van der Waals surface area contributed by atoms with Crippen LogP contribution in [0.2, 0.25) is 0 Å². The molecule has 8 heteroatoms. The molecule has 2 aliphatic heterocycles. The van der Waals surface area contributed by atoms with Gasteiger partial charge in [-0.25, -0.2) is 4.79 Å². The van der Waals surface area contributed by atoms with Gasteiger partial charge in [-0.05, 0) is 62.9 Å². The lowest BCUT2D eigenvalue weighted by Gasteiger charge is -2.43. The molecule has 2 aromatic rings. The average Bonchev–Trinajstić information content (AvgIpc) is 3.11. The Kier molecular flexibility index (Phi) is 7.28. The second kappa shape index (κ2) is 10.4. The van der Waals surface area contributed by atoms with Crippen molar-refractivity contribution in [2.24, 2.45) is 0 Å². The Morgan fingerprint density at radius 1 is 1.00 bits per heavy atom. The van der Waals surface area contributed by atoms with Crippen LogP contribution in [0.3, 0.4) is 0 Å². The molecule has 2 aliphatic rings. The largest absolute Gasteiger partial charge is 0.352 e. The van der Waals surface area contributed by atoms with Crippen LogP contribution in [0.25, 0.3) is 0 Å². The van der Waals surface area contributed by atoms with Crippen LogP contribution in [0.4, 0.5) is 16.2 Å². The zero-order valence-electron chi connectivity index (χ0n) is 20.8. The van der Waals surface area contributed by atoms with Gasteiger partial charge in [0, 0.05) is 30.5 Å². The van der Waals surface area contributed by atoms with Gasteiger partial charge < -0.3 is 25.3 Å². The van der Waals surface area contributed by atoms with Crippen molar-refractivity contribution in [2.45, 2.75) is 51.6 Å². The molecule has 0 aromatic heterocycles. The lowest BCUT2D eigenvalue weighted by atomic mass is 9.85. The van der Waals surface area contributed by atoms with Crippen molar-refractivity contribution in [2.75, 3.05) is 36.5 Å². The van der Waals surface area contributed by atoms with Crippen molar-refractivity contribution in [3.05, 3.63) is 60.2 Å². The van der Waals surface area contributed by atoms with Crippen molar-refractivity contribution in [1.82, 2.24) is 15.1 Å². The lowest BCUT2D eigenvalue weighted by molar-refractivity contribution is -0.137. The van der Waals surface area contributed by atoms with Gasteiger partial charge >= 0.3 is 6.03 Å². The quantitative estimate of drug-likeness (QED) is 0.668. The third-order valence-corrected chi connectivity index (χ3v) is 6.86. The fourth-order valence-electron chi connectivity index (χ4n) is 4.97. The number of rotatable bonds is 6. The molecule has 0 atom stereocenters. The van der Waals surface area contributed by atoms with Crippen LogP contribution in [-0.2, 0) is 16.0 Å². The van der Waals surface area contributed by atoms with Crippen molar-refractivity contribution in [1.29, 1.82) is 0 Å². The summed E-state index contributed by atoms with van der Waals surface area (Å²) in [6.07, 6.45) is 1.96. The molecule has 1 spiro atoms. The minimum absolute atomic E-state index is 0.0133. The predicted octanol–water partition coefficient (Wildman–Crippen LogP) is 3.45. The molecule has 0 saturated carbocycles. The van der Waals surface area contributed by atoms with Crippen LogP contribution in [-0.4, -0.2) is 65.5 Å². The Hall–Kier alpha value is -3.55. The molecule has 2 aromatic carbocycles. The molecule has 8 nitrogen and oxygen atoms in total. The summed E-state index contributed by atoms with van der Waals surface area (Å²) in [5, 5.41) is 5.85. The normalized spacial score (nSPS) is 17.3. The Morgan fingerprint density at radius 2 is 1.66 bits per heavy atom. The molecular formula is C27H35N5O3. The number of anilines is 2. The topological polar surface area (TPSA) is 85.0 Å². The van der Waals surface area contributed by atoms with E-state index in [2.05, 4.69) is 22.5 Å². The Labute approximate surface area is 207 Å². The molecule has 2 N–H and O–H groups in total. The summed E-state index contributed by atoms with van der Waals surface area (Å²) in [5.74, 6) is -0.209. The highest BCUT2D eigenvalue weighted by molar-refractivity contribution is 5.97. The number of urea groups is 1. The molecule has 0 unspecified atom stereocenters. The maximum absolute atomic E-state index is 13.7. The van der Waals surface area contributed by atoms with Gasteiger partial charge in [-0.15, -0.1) is 0 Å². The molecule has 0 bridgehead atoms. The summed E-state index contributed by atoms with van der Waals surface area (Å²) >= 11 is 0. The Balaban J connectivity index is 1.48. The first-order chi connectivity index (χ1) is 16.8. The van der Waals surface area contributed by atoms with Gasteiger partial charge in [0.1, 0.15) is 12.1 Å². The van der Waals surface area contributed by atoms with Crippen LogP contribution in [0.1, 0.15) is 39.2 Å². The number of likely N-dealkylation sites (tertiary alicyclic amines) is 1. The van der Waals surface area contributed by atoms with Crippen molar-refractivity contribution < 1.29 is 14.4 Å². The minimum Gasteiger partial charge on any atom is -0.352 e. The van der Waals surface area contributed by atoms with E-state index in [0.29, 0.717) is 32.6 Å². The third kappa shape index (κ3) is 5.26. The van der Waals surface area contributed by atoms with Gasteiger partial charge in [-0.2, -0.15) is 0 Å². The number of hydrogen-bond acceptors (Lipinski definition) is 4. The maximum Gasteiger partial charge on any atom is 0.321 e. The first-order valence-electron chi connectivity index (χ1n) is 12.4. The Bertz CT molecular complexity index is 1050. The molecule has 186 valence electrons. The fourth-order valence-corrected chi connectivity index (χ4v) is 4.97. The number of hydrogen-bond donors (Lipinski definition) is 2. The van der Waals surface area contributed by atoms with E-state index >= 15 is 0 Å². The highest BCUT2D eigenvalue weighted by atomic mass is 16.2. The van der Waals surface area contributed by atoms with Crippen LogP contribution in [0, 0.1) is 0 Å². The molecule has 4 amide bonds. The summed E-state index contributed by atoms with van der Waals surface area (Å²) in [4.78, 5) is 44.6. The summed E-state index contributed by atoms with van der Waals surface area (Å²) in [6, 6.07) is 17.6. The van der Waals surface area contributed by atoms with Crippen LogP contribution in [0.5, 0.6) is 0 Å². The number of aryl methyl sites for hydroxylation is 1. The second-order valence-electron chi connectivity index (χ2n) is 9.63. The van der Waals surface area contributed by atoms with Gasteiger partial charge in [0.25, 0.3) is 5.91 Å². The standard InChI is InChI=1S/C27H35N5O3/c1-4-21-10-12-22(13-11-21)29-26(35)30-16-14-27(15-17-30)25(34)31(18-24(33)28-20(2)3)19-32(27)23-8-6-5-7-9-23/h5-13,20H,4,14-19H2,1-3H3,(H,28,33)(H,29,35). The number of piperidine rings is 1. The number of nitrogens with zero attached hydrogens (tertiary/aromatic N) is 3. The molecule has 2 heterocycles. The van der Waals surface area contributed by atoms with Gasteiger partial charge in [-0.3, -0.25) is 9.59 Å². The fraction of sp³-hybridized carbons (Fsp3) is 0.444. The van der Waals surface area contributed by atoms with Crippen LogP contribution >= 0.6 is 0 Å². The first kappa shape index (κ1) is 24.6. The highest BCUT2D eigenvalue weighted by Crippen LogP contribution is 2.39. The number of benzene rings is 2. The summed E-state index contributed by atoms with van der Waals surface area (Å²) in [6.45, 7) is 7.20. The van der Waals surface area contributed by atoms with E-state index in [4.69, 9.17) is 0 Å². The molecular weight excluding hydrogens is 442 g/mol. The molecule has 0 aliphatic carbocycles. The number of carbonyl (C=O) groups excluding carboxylic acids is 3. The minimum atomic E-state index is -0.765. The van der Waals surface area contributed by atoms with E-state index in [1.54, 1.807) is 9.80 Å². The van der Waals surface area contributed by atoms with E-state index in [1.165, 1.54) is 5.56 Å². The van der Waals surface area contributed by atoms with Crippen LogP contribution < -0.4 is 15.5 Å². The van der Waals surface area contributed by atoms with E-state index < -0.39 is 5.54 Å². The van der Waals surface area contributed by atoms with Gasteiger partial charge in [0.05, 0.1) is 6.67 Å². The number of nitrogens with one attached hydrogen (secondary N) is 2. The van der Waals surface area contributed by atoms with Gasteiger partial charge in [0.2, 0.25) is 5.91 Å². The predicted molar refractivity (Wildman–Crippen MR) is 137 cm³/mol. The zero-order valence-corrected chi connectivity index (χ0v) is 20.8. The van der Waals surface area contributed by atoms with Crippen molar-refractivity contribution in [3.8, 4) is 0 Å². The van der Waals surface area contributed by atoms with E-state index in [0.717, 1.165) is 17.8 Å². The summed E-state index contributed by atoms with van der Waals surface area (Å²) in [7, 11) is 0. The molecule has 2 saturated heterocycles. The maximum atomic E-state index is 13.7. The number of amides is 4. The summed E-state index contributed by atoms with van der Waals surface area (Å²) < 4.78 is 0. The number of carbonyl (C=O) groups is 3. The first-order valence-corrected chi connectivity index (χ1v) is 12.4. The van der Waals surface area contributed by atoms with Crippen molar-refractivity contribution in [3.63, 3.8) is 0 Å². The second-order valence-corrected chi connectivity index (χ2v) is 9.63. The van der Waals surface area contributed by atoms with Gasteiger partial charge in [-0.1, -0.05) is 37.3 Å². The average molecular weight is 478 g/mol. The van der Waals surface area contributed by atoms with E-state index in [1.807, 2.05) is 68.4 Å². The zero-order chi connectivity index (χ0) is 25.0. The highest BCUT2D eigenvalue weighted by Gasteiger charge is 2.54. The van der Waals surface area contributed by atoms with E-state index in [9.17, 15) is 14.4 Å². The smallest absolute Gasteiger partial charge is 0.321 e. The Morgan fingerprint density at radius 3 is 2.26 bits per heavy atom. The van der Waals surface area contributed by atoms with Crippen LogP contribution in [0.15, 0.2) is 54.6 Å². The van der Waals surface area contributed by atoms with Crippen molar-refractivity contribution >= 4 is 29.2 Å².